The average molecular weight is 174 g/mol. The maximum atomic E-state index is 3.83. The maximum absolute atomic E-state index is 3.83. The van der Waals surface area contributed by atoms with Gasteiger partial charge in [-0.1, -0.05) is 26.7 Å². The summed E-state index contributed by atoms with van der Waals surface area (Å²) < 4.78 is 0. The Morgan fingerprint density at radius 1 is 1.57 bits per heavy atom. The van der Waals surface area contributed by atoms with Crippen molar-refractivity contribution in [3.8, 4) is 0 Å². The van der Waals surface area contributed by atoms with E-state index in [-0.39, 0.29) is 32.7 Å². The summed E-state index contributed by atoms with van der Waals surface area (Å²) in [5.74, 6) is 0.648. The fourth-order valence-corrected chi connectivity index (χ4v) is 0.493. The summed E-state index contributed by atoms with van der Waals surface area (Å²) in [6.07, 6.45) is 2.53. The molecule has 0 nitrogen and oxygen atoms in total. The van der Waals surface area contributed by atoms with E-state index >= 15 is 0 Å². The minimum Gasteiger partial charge on any atom is -0.341 e. The van der Waals surface area contributed by atoms with Crippen molar-refractivity contribution < 1.29 is 32.7 Å². The smallest absolute Gasteiger partial charge is 0 e. The van der Waals surface area contributed by atoms with Crippen molar-refractivity contribution in [2.75, 3.05) is 0 Å². The average Bonchev–Trinajstić information content (AvgIpc) is 1.35. The van der Waals surface area contributed by atoms with Crippen molar-refractivity contribution in [1.82, 2.24) is 0 Å². The Bertz CT molecular complexity index is 25.4. The van der Waals surface area contributed by atoms with Crippen LogP contribution in [0.25, 0.3) is 0 Å². The summed E-state index contributed by atoms with van der Waals surface area (Å²) in [6.45, 7) is 8.15. The van der Waals surface area contributed by atoms with Gasteiger partial charge in [0.25, 0.3) is 0 Å². The molecule has 41 valence electrons. The molecule has 0 saturated heterocycles. The molecule has 0 spiro atoms. The molecule has 0 rings (SSSR count). The Labute approximate surface area is 71.9 Å². The Balaban J connectivity index is 0. The molecule has 0 heterocycles. The summed E-state index contributed by atoms with van der Waals surface area (Å²) in [5.41, 5.74) is 0. The molecular weight excluding hydrogens is 161 g/mol. The third-order valence-corrected chi connectivity index (χ3v) is 0.781. The van der Waals surface area contributed by atoms with E-state index in [0.717, 1.165) is 0 Å². The molecule has 1 heteroatoms. The maximum Gasteiger partial charge on any atom is 0 e. The van der Waals surface area contributed by atoms with E-state index < -0.39 is 0 Å². The normalized spacial score (nSPS) is 12.4. The zero-order valence-corrected chi connectivity index (χ0v) is 8.11. The van der Waals surface area contributed by atoms with E-state index in [0.29, 0.717) is 5.92 Å². The first-order valence-electron chi connectivity index (χ1n) is 2.60. The van der Waals surface area contributed by atoms with Crippen molar-refractivity contribution in [3.05, 3.63) is 6.92 Å². The second-order valence-corrected chi connectivity index (χ2v) is 1.89. The van der Waals surface area contributed by atoms with E-state index in [1.165, 1.54) is 12.8 Å². The van der Waals surface area contributed by atoms with Crippen molar-refractivity contribution in [2.45, 2.75) is 26.7 Å². The van der Waals surface area contributed by atoms with E-state index in [9.17, 15) is 0 Å². The zero-order chi connectivity index (χ0) is 4.99. The SMILES string of the molecule is [CH2-]C(C)CCC.[Y]. The van der Waals surface area contributed by atoms with Crippen molar-refractivity contribution in [1.29, 1.82) is 0 Å². The van der Waals surface area contributed by atoms with Crippen LogP contribution in [0.4, 0.5) is 0 Å². The van der Waals surface area contributed by atoms with Gasteiger partial charge in [-0.25, -0.2) is 0 Å². The standard InChI is InChI=1S/C6H13.Y/c1-4-5-6(2)3;/h6H,2,4-5H2,1,3H3;/q-1;. The van der Waals surface area contributed by atoms with E-state index in [2.05, 4.69) is 20.8 Å². The summed E-state index contributed by atoms with van der Waals surface area (Å²) in [5, 5.41) is 0. The molecule has 0 aliphatic carbocycles. The fraction of sp³-hybridized carbons (Fsp3) is 0.833. The van der Waals surface area contributed by atoms with Gasteiger partial charge in [0.2, 0.25) is 0 Å². The first-order chi connectivity index (χ1) is 2.77. The van der Waals surface area contributed by atoms with Crippen molar-refractivity contribution in [2.24, 2.45) is 5.92 Å². The summed E-state index contributed by atoms with van der Waals surface area (Å²) in [7, 11) is 0. The van der Waals surface area contributed by atoms with Crippen LogP contribution in [0.5, 0.6) is 0 Å². The van der Waals surface area contributed by atoms with Gasteiger partial charge in [-0.05, 0) is 0 Å². The third-order valence-electron chi connectivity index (χ3n) is 0.781. The van der Waals surface area contributed by atoms with E-state index in [1.807, 2.05) is 0 Å². The Kier molecular flexibility index (Phi) is 11.1. The molecule has 0 N–H and O–H groups in total. The van der Waals surface area contributed by atoms with E-state index in [4.69, 9.17) is 0 Å². The van der Waals surface area contributed by atoms with Crippen LogP contribution in [-0.4, -0.2) is 0 Å². The molecule has 1 radical (unpaired) electrons. The summed E-state index contributed by atoms with van der Waals surface area (Å²) >= 11 is 0. The van der Waals surface area contributed by atoms with Gasteiger partial charge in [0.15, 0.2) is 0 Å². The quantitative estimate of drug-likeness (QED) is 0.563. The molecule has 0 aliphatic heterocycles. The third kappa shape index (κ3) is 11.0. The molecule has 7 heavy (non-hydrogen) atoms. The van der Waals surface area contributed by atoms with Crippen LogP contribution in [-0.2, 0) is 32.7 Å². The van der Waals surface area contributed by atoms with Gasteiger partial charge >= 0.3 is 0 Å². The molecule has 0 aromatic heterocycles. The molecule has 1 atom stereocenters. The van der Waals surface area contributed by atoms with Gasteiger partial charge in [0.05, 0.1) is 0 Å². The second-order valence-electron chi connectivity index (χ2n) is 1.89. The predicted molar refractivity (Wildman–Crippen MR) is 29.4 cm³/mol. The Morgan fingerprint density at radius 3 is 2.00 bits per heavy atom. The molecule has 0 aromatic carbocycles. The van der Waals surface area contributed by atoms with Crippen molar-refractivity contribution in [3.63, 3.8) is 0 Å². The summed E-state index contributed by atoms with van der Waals surface area (Å²) in [6, 6.07) is 0. The minimum atomic E-state index is 0. The van der Waals surface area contributed by atoms with Crippen LogP contribution in [0.2, 0.25) is 0 Å². The van der Waals surface area contributed by atoms with Crippen LogP contribution in [0.3, 0.4) is 0 Å². The van der Waals surface area contributed by atoms with Crippen LogP contribution in [0.1, 0.15) is 26.7 Å². The van der Waals surface area contributed by atoms with Gasteiger partial charge in [0, 0.05) is 32.7 Å². The van der Waals surface area contributed by atoms with Gasteiger partial charge in [-0.2, -0.15) is 5.92 Å². The predicted octanol–water partition coefficient (Wildman–Crippen LogP) is 2.25. The monoisotopic (exact) mass is 174 g/mol. The van der Waals surface area contributed by atoms with Crippen LogP contribution < -0.4 is 0 Å². The minimum absolute atomic E-state index is 0. The number of rotatable bonds is 2. The second kappa shape index (κ2) is 7.10. The van der Waals surface area contributed by atoms with Gasteiger partial charge in [-0.3, -0.25) is 0 Å². The molecule has 0 saturated carbocycles. The van der Waals surface area contributed by atoms with Gasteiger partial charge in [0.1, 0.15) is 0 Å². The molecular formula is C6H13Y-. The van der Waals surface area contributed by atoms with Crippen molar-refractivity contribution >= 4 is 0 Å². The molecule has 0 aromatic rings. The van der Waals surface area contributed by atoms with Gasteiger partial charge < -0.3 is 6.92 Å². The molecule has 0 aliphatic rings. The molecule has 1 unspecified atom stereocenters. The fourth-order valence-electron chi connectivity index (χ4n) is 0.493. The number of hydrogen-bond donors (Lipinski definition) is 0. The molecule has 0 fully saturated rings. The number of hydrogen-bond acceptors (Lipinski definition) is 0. The zero-order valence-electron chi connectivity index (χ0n) is 5.28. The van der Waals surface area contributed by atoms with Crippen LogP contribution in [0, 0.1) is 12.8 Å². The van der Waals surface area contributed by atoms with E-state index in [1.54, 1.807) is 0 Å². The van der Waals surface area contributed by atoms with Crippen LogP contribution in [0.15, 0.2) is 0 Å². The Morgan fingerprint density at radius 2 is 2.00 bits per heavy atom. The molecule has 0 amide bonds. The topological polar surface area (TPSA) is 0 Å². The first kappa shape index (κ1) is 11.0. The van der Waals surface area contributed by atoms with Crippen LogP contribution >= 0.6 is 0 Å². The Hall–Kier alpha value is 1.10. The summed E-state index contributed by atoms with van der Waals surface area (Å²) in [4.78, 5) is 0. The first-order valence-corrected chi connectivity index (χ1v) is 2.60. The van der Waals surface area contributed by atoms with Gasteiger partial charge in [-0.15, -0.1) is 0 Å². The largest absolute Gasteiger partial charge is 0.341 e. The molecule has 0 bridgehead atoms.